The molecule has 0 aromatic rings. The van der Waals surface area contributed by atoms with Crippen LogP contribution in [0.25, 0.3) is 0 Å². The van der Waals surface area contributed by atoms with Crippen LogP contribution < -0.4 is 0 Å². The molecule has 0 rings (SSSR count). The molecule has 0 bridgehead atoms. The van der Waals surface area contributed by atoms with Crippen LogP contribution in [0, 0.1) is 0 Å². The highest BCUT2D eigenvalue weighted by Crippen LogP contribution is 1.57. The molecule has 0 aromatic carbocycles. The first-order chi connectivity index (χ1) is 2.77. The van der Waals surface area contributed by atoms with Crippen LogP contribution in [-0.2, 0) is 10.7 Å². The first-order valence-electron chi connectivity index (χ1n) is 1.50. The molecule has 0 aliphatic carbocycles. The van der Waals surface area contributed by atoms with Gasteiger partial charge in [-0.2, -0.15) is 0 Å². The Hall–Kier alpha value is -0.0900. The summed E-state index contributed by atoms with van der Waals surface area (Å²) in [5.41, 5.74) is 0. The Balaban J connectivity index is 3.07. The summed E-state index contributed by atoms with van der Waals surface area (Å²) in [6, 6.07) is 0. The van der Waals surface area contributed by atoms with Crippen molar-refractivity contribution in [3.63, 3.8) is 0 Å². The molecule has 4 heteroatoms. The van der Waals surface area contributed by atoms with Crippen LogP contribution in [0.3, 0.4) is 0 Å². The van der Waals surface area contributed by atoms with Gasteiger partial charge in [-0.1, -0.05) is 0 Å². The number of aliphatic hydroxyl groups is 1. The summed E-state index contributed by atoms with van der Waals surface area (Å²) in [5, 5.41) is 7.85. The molecule has 0 fully saturated rings. The molecule has 1 N–H and O–H groups in total. The van der Waals surface area contributed by atoms with E-state index in [-0.39, 0.29) is 12.4 Å². The monoisotopic (exact) mass is 110 g/mol. The van der Waals surface area contributed by atoms with Crippen molar-refractivity contribution in [2.45, 2.75) is 0 Å². The zero-order chi connectivity index (χ0) is 4.99. The normalized spacial score (nSPS) is 9.67. The van der Waals surface area contributed by atoms with Crippen LogP contribution in [0.4, 0.5) is 0 Å². The summed E-state index contributed by atoms with van der Waals surface area (Å²) < 4.78 is 19.0. The van der Waals surface area contributed by atoms with Crippen molar-refractivity contribution < 1.29 is 13.5 Å². The Morgan fingerprint density at radius 1 is 1.50 bits per heavy atom. The van der Waals surface area contributed by atoms with Crippen molar-refractivity contribution in [1.29, 1.82) is 0 Å². The van der Waals surface area contributed by atoms with Gasteiger partial charge >= 0.3 is 0 Å². The highest BCUT2D eigenvalue weighted by atomic mass is 32.2. The van der Waals surface area contributed by atoms with Gasteiger partial charge in [0.05, 0.1) is 12.4 Å². The Kier molecular flexibility index (Phi) is 3.07. The minimum atomic E-state index is -2.35. The molecular weight excluding hydrogens is 104 g/mol. The molecule has 0 aromatic heterocycles. The molecule has 0 saturated heterocycles. The van der Waals surface area contributed by atoms with E-state index in [1.165, 1.54) is 0 Å². The van der Waals surface area contributed by atoms with E-state index in [0.29, 0.717) is 0 Å². The Morgan fingerprint density at radius 2 is 2.00 bits per heavy atom. The second-order valence-corrected chi connectivity index (χ2v) is 1.89. The maximum Gasteiger partial charge on any atom is 0.142 e. The van der Waals surface area contributed by atoms with Crippen LogP contribution in [0.15, 0.2) is 0 Å². The molecule has 0 radical (unpaired) electrons. The SMILES string of the molecule is O=[SH](=O)CCO. The van der Waals surface area contributed by atoms with Crippen LogP contribution in [0.2, 0.25) is 0 Å². The summed E-state index contributed by atoms with van der Waals surface area (Å²) in [7, 11) is -2.35. The van der Waals surface area contributed by atoms with Gasteiger partial charge in [-0.15, -0.1) is 0 Å². The van der Waals surface area contributed by atoms with Crippen LogP contribution in [-0.4, -0.2) is 25.9 Å². The molecule has 6 heavy (non-hydrogen) atoms. The van der Waals surface area contributed by atoms with Gasteiger partial charge in [-0.3, -0.25) is 0 Å². The molecule has 0 unspecified atom stereocenters. The molecule has 3 nitrogen and oxygen atoms in total. The minimum absolute atomic E-state index is 0.116. The lowest BCUT2D eigenvalue weighted by Crippen LogP contribution is -1.91. The van der Waals surface area contributed by atoms with E-state index in [1.807, 2.05) is 0 Å². The van der Waals surface area contributed by atoms with Crippen molar-refractivity contribution in [2.24, 2.45) is 0 Å². The Bertz CT molecular complexity index is 76.8. The quantitative estimate of drug-likeness (QED) is 0.429. The van der Waals surface area contributed by atoms with E-state index in [2.05, 4.69) is 0 Å². The van der Waals surface area contributed by atoms with Crippen molar-refractivity contribution in [2.75, 3.05) is 12.4 Å². The number of aliphatic hydroxyl groups excluding tert-OH is 1. The van der Waals surface area contributed by atoms with Gasteiger partial charge in [-0.05, 0) is 0 Å². The van der Waals surface area contributed by atoms with Gasteiger partial charge < -0.3 is 5.11 Å². The van der Waals surface area contributed by atoms with Gasteiger partial charge in [0.1, 0.15) is 10.7 Å². The summed E-state index contributed by atoms with van der Waals surface area (Å²) in [6.07, 6.45) is 0. The van der Waals surface area contributed by atoms with E-state index in [9.17, 15) is 8.42 Å². The molecule has 38 valence electrons. The van der Waals surface area contributed by atoms with Gasteiger partial charge in [-0.25, -0.2) is 8.42 Å². The van der Waals surface area contributed by atoms with Crippen LogP contribution >= 0.6 is 0 Å². The fourth-order valence-electron chi connectivity index (χ4n) is 0.0816. The third-order valence-corrected chi connectivity index (χ3v) is 0.848. The standard InChI is InChI=1S/C2H6O3S/c3-1-2-6(4)5/h3,6H,1-2H2. The fourth-order valence-corrected chi connectivity index (χ4v) is 0.245. The van der Waals surface area contributed by atoms with Crippen LogP contribution in [0.5, 0.6) is 0 Å². The summed E-state index contributed by atoms with van der Waals surface area (Å²) in [4.78, 5) is 0. The van der Waals surface area contributed by atoms with Gasteiger partial charge in [0.25, 0.3) is 0 Å². The first-order valence-corrected chi connectivity index (χ1v) is 2.86. The summed E-state index contributed by atoms with van der Waals surface area (Å²) >= 11 is 0. The molecule has 0 saturated carbocycles. The second-order valence-electron chi connectivity index (χ2n) is 0.780. The first kappa shape index (κ1) is 5.91. The minimum Gasteiger partial charge on any atom is -0.395 e. The van der Waals surface area contributed by atoms with Crippen molar-refractivity contribution >= 4 is 10.7 Å². The van der Waals surface area contributed by atoms with E-state index in [4.69, 9.17) is 5.11 Å². The highest BCUT2D eigenvalue weighted by molar-refractivity contribution is 7.72. The molecule has 0 spiro atoms. The lowest BCUT2D eigenvalue weighted by atomic mass is 10.9. The lowest BCUT2D eigenvalue weighted by Gasteiger charge is -1.73. The Labute approximate surface area is 37.6 Å². The maximum atomic E-state index is 9.48. The van der Waals surface area contributed by atoms with Gasteiger partial charge in [0.15, 0.2) is 0 Å². The van der Waals surface area contributed by atoms with E-state index in [0.717, 1.165) is 0 Å². The van der Waals surface area contributed by atoms with Gasteiger partial charge in [0.2, 0.25) is 0 Å². The maximum absolute atomic E-state index is 9.48. The van der Waals surface area contributed by atoms with Gasteiger partial charge in [0, 0.05) is 0 Å². The topological polar surface area (TPSA) is 54.4 Å². The fraction of sp³-hybridized carbons (Fsp3) is 1.00. The summed E-state index contributed by atoms with van der Waals surface area (Å²) in [5.74, 6) is -0.116. The second kappa shape index (κ2) is 3.11. The molecule has 0 aliphatic rings. The number of hydrogen-bond acceptors (Lipinski definition) is 3. The highest BCUT2D eigenvalue weighted by Gasteiger charge is 1.77. The van der Waals surface area contributed by atoms with Crippen molar-refractivity contribution in [1.82, 2.24) is 0 Å². The van der Waals surface area contributed by atoms with Crippen molar-refractivity contribution in [3.8, 4) is 0 Å². The van der Waals surface area contributed by atoms with Crippen molar-refractivity contribution in [3.05, 3.63) is 0 Å². The number of hydrogen-bond donors (Lipinski definition) is 2. The van der Waals surface area contributed by atoms with E-state index >= 15 is 0 Å². The average molecular weight is 110 g/mol. The average Bonchev–Trinajstić information content (AvgIpc) is 1.35. The molecular formula is C2H6O3S. The molecule has 0 aliphatic heterocycles. The Morgan fingerprint density at radius 3 is 2.00 bits per heavy atom. The van der Waals surface area contributed by atoms with E-state index < -0.39 is 10.7 Å². The third-order valence-electron chi connectivity index (χ3n) is 0.283. The smallest absolute Gasteiger partial charge is 0.142 e. The predicted molar refractivity (Wildman–Crippen MR) is 22.3 cm³/mol. The number of rotatable bonds is 2. The molecule has 0 atom stereocenters. The van der Waals surface area contributed by atoms with Crippen LogP contribution in [0.1, 0.15) is 0 Å². The third kappa shape index (κ3) is 3.91. The molecule has 0 amide bonds. The summed E-state index contributed by atoms with van der Waals surface area (Å²) in [6.45, 7) is -0.265. The zero-order valence-electron chi connectivity index (χ0n) is 3.13. The number of thiol groups is 1. The molecule has 0 heterocycles. The zero-order valence-corrected chi connectivity index (χ0v) is 4.02. The lowest BCUT2D eigenvalue weighted by molar-refractivity contribution is 0.320. The van der Waals surface area contributed by atoms with E-state index in [1.54, 1.807) is 0 Å². The predicted octanol–water partition coefficient (Wildman–Crippen LogP) is -1.41. The largest absolute Gasteiger partial charge is 0.395 e.